The molecule has 2 heterocycles. The predicted molar refractivity (Wildman–Crippen MR) is 120 cm³/mol. The van der Waals surface area contributed by atoms with Gasteiger partial charge in [0.05, 0.1) is 5.70 Å². The number of ether oxygens (including phenoxy) is 1. The molecule has 32 heavy (non-hydrogen) atoms. The molecule has 8 nitrogen and oxygen atoms in total. The molecule has 3 N–H and O–H groups in total. The molecule has 0 saturated carbocycles. The third-order valence-electron chi connectivity index (χ3n) is 5.32. The summed E-state index contributed by atoms with van der Waals surface area (Å²) < 4.78 is 5.25. The number of phenols is 2. The first kappa shape index (κ1) is 23.4. The summed E-state index contributed by atoms with van der Waals surface area (Å²) >= 11 is 0. The molecule has 1 amide bonds. The number of piperidine rings is 1. The molecular weight excluding hydrogens is 412 g/mol. The number of nitrogens with zero attached hydrogens (tertiary/aromatic N) is 1. The van der Waals surface area contributed by atoms with Gasteiger partial charge in [-0.3, -0.25) is 15.1 Å². The van der Waals surface area contributed by atoms with E-state index in [0.717, 1.165) is 44.8 Å². The molecule has 1 aromatic carbocycles. The van der Waals surface area contributed by atoms with Crippen molar-refractivity contribution in [2.75, 3.05) is 26.3 Å². The Balaban J connectivity index is 1.82. The minimum absolute atomic E-state index is 0.0689. The fourth-order valence-corrected chi connectivity index (χ4v) is 3.64. The molecule has 0 bridgehead atoms. The normalized spacial score (nSPS) is 22.3. The van der Waals surface area contributed by atoms with Crippen LogP contribution in [0.5, 0.6) is 11.5 Å². The lowest BCUT2D eigenvalue weighted by atomic mass is 10.0. The van der Waals surface area contributed by atoms with Crippen LogP contribution in [-0.4, -0.2) is 53.3 Å². The van der Waals surface area contributed by atoms with Crippen LogP contribution >= 0.6 is 0 Å². The first-order valence-electron chi connectivity index (χ1n) is 10.9. The predicted octanol–water partition coefficient (Wildman–Crippen LogP) is 3.28. The Kier molecular flexibility index (Phi) is 8.33. The summed E-state index contributed by atoms with van der Waals surface area (Å²) in [7, 11) is 0. The lowest BCUT2D eigenvalue weighted by Gasteiger charge is -2.26. The number of amides is 1. The fourth-order valence-electron chi connectivity index (χ4n) is 3.64. The molecule has 1 saturated heterocycles. The van der Waals surface area contributed by atoms with Crippen molar-refractivity contribution >= 4 is 18.0 Å². The van der Waals surface area contributed by atoms with Crippen molar-refractivity contribution in [3.8, 4) is 11.5 Å². The van der Waals surface area contributed by atoms with Gasteiger partial charge in [0.25, 0.3) is 5.91 Å². The molecule has 2 aliphatic rings. The molecule has 2 aliphatic heterocycles. The minimum atomic E-state index is -0.713. The van der Waals surface area contributed by atoms with E-state index in [1.165, 1.54) is 6.07 Å². The molecule has 1 atom stereocenters. The monoisotopic (exact) mass is 442 g/mol. The highest BCUT2D eigenvalue weighted by Gasteiger charge is 2.19. The molecule has 8 heteroatoms. The van der Waals surface area contributed by atoms with Gasteiger partial charge >= 0.3 is 5.97 Å². The van der Waals surface area contributed by atoms with E-state index in [4.69, 9.17) is 9.57 Å². The Labute approximate surface area is 187 Å². The van der Waals surface area contributed by atoms with Crippen molar-refractivity contribution in [2.45, 2.75) is 32.6 Å². The van der Waals surface area contributed by atoms with E-state index in [1.807, 2.05) is 19.1 Å². The first-order valence-corrected chi connectivity index (χ1v) is 10.9. The van der Waals surface area contributed by atoms with Crippen LogP contribution in [0.15, 0.2) is 42.1 Å². The van der Waals surface area contributed by atoms with Crippen LogP contribution in [0.25, 0.3) is 6.08 Å². The summed E-state index contributed by atoms with van der Waals surface area (Å²) in [5.74, 6) is -1.18. The van der Waals surface area contributed by atoms with Crippen molar-refractivity contribution in [2.24, 2.45) is 5.92 Å². The van der Waals surface area contributed by atoms with Crippen LogP contribution in [0.4, 0.5) is 0 Å². The Hall–Kier alpha value is -3.26. The van der Waals surface area contributed by atoms with Crippen molar-refractivity contribution in [3.63, 3.8) is 0 Å². The Morgan fingerprint density at radius 1 is 1.22 bits per heavy atom. The van der Waals surface area contributed by atoms with Gasteiger partial charge < -0.3 is 19.8 Å². The second kappa shape index (κ2) is 11.4. The standard InChI is InChI=1S/C24H30N2O6/c1-17-7-5-9-19(25-32-16-22(29)26-10-3-2-4-11-26)13-18-14-20(27)15-21(28)23(18)24(30)31-12-6-8-17/h5-6,8-9,13-15,17,25,27-28H,2-4,7,10-12,16H2,1H3/b8-6?,9-5+,19-13-. The topological polar surface area (TPSA) is 108 Å². The number of phenolic OH excluding ortho intramolecular Hbond substituents is 2. The van der Waals surface area contributed by atoms with E-state index < -0.39 is 11.7 Å². The number of carbonyl (C=O) groups excluding carboxylic acids is 2. The van der Waals surface area contributed by atoms with Crippen LogP contribution in [0, 0.1) is 5.92 Å². The zero-order chi connectivity index (χ0) is 22.9. The molecule has 1 unspecified atom stereocenters. The summed E-state index contributed by atoms with van der Waals surface area (Å²) in [4.78, 5) is 32.1. The van der Waals surface area contributed by atoms with Crippen molar-refractivity contribution in [1.82, 2.24) is 10.4 Å². The van der Waals surface area contributed by atoms with Gasteiger partial charge in [0.2, 0.25) is 0 Å². The fraction of sp³-hybridized carbons (Fsp3) is 0.417. The van der Waals surface area contributed by atoms with Crippen molar-refractivity contribution in [1.29, 1.82) is 0 Å². The number of esters is 1. The smallest absolute Gasteiger partial charge is 0.342 e. The van der Waals surface area contributed by atoms with E-state index in [-0.39, 0.29) is 41.9 Å². The average Bonchev–Trinajstić information content (AvgIpc) is 2.77. The molecular formula is C24H30N2O6. The number of hydrogen-bond acceptors (Lipinski definition) is 7. The maximum atomic E-state index is 12.6. The molecule has 0 aliphatic carbocycles. The Morgan fingerprint density at radius 2 is 2.00 bits per heavy atom. The highest BCUT2D eigenvalue weighted by molar-refractivity contribution is 5.97. The first-order chi connectivity index (χ1) is 15.4. The number of carbonyl (C=O) groups is 2. The summed E-state index contributed by atoms with van der Waals surface area (Å²) in [6.07, 6.45) is 12.8. The van der Waals surface area contributed by atoms with Crippen LogP contribution in [0.3, 0.4) is 0 Å². The van der Waals surface area contributed by atoms with Gasteiger partial charge in [0, 0.05) is 19.2 Å². The summed E-state index contributed by atoms with van der Waals surface area (Å²) in [5, 5.41) is 20.2. The average molecular weight is 443 g/mol. The lowest BCUT2D eigenvalue weighted by Crippen LogP contribution is -2.39. The number of hydroxylamine groups is 1. The zero-order valence-electron chi connectivity index (χ0n) is 18.3. The van der Waals surface area contributed by atoms with E-state index in [0.29, 0.717) is 5.70 Å². The number of hydrogen-bond donors (Lipinski definition) is 3. The summed E-state index contributed by atoms with van der Waals surface area (Å²) in [6, 6.07) is 2.43. The molecule has 3 rings (SSSR count). The van der Waals surface area contributed by atoms with Crippen LogP contribution in [-0.2, 0) is 14.4 Å². The van der Waals surface area contributed by atoms with Crippen molar-refractivity contribution in [3.05, 3.63) is 53.3 Å². The minimum Gasteiger partial charge on any atom is -0.508 e. The summed E-state index contributed by atoms with van der Waals surface area (Å²) in [5.41, 5.74) is 3.39. The molecule has 0 spiro atoms. The lowest BCUT2D eigenvalue weighted by molar-refractivity contribution is -0.139. The number of rotatable bonds is 4. The van der Waals surface area contributed by atoms with Gasteiger partial charge in [-0.1, -0.05) is 25.2 Å². The Morgan fingerprint density at radius 3 is 2.78 bits per heavy atom. The van der Waals surface area contributed by atoms with Gasteiger partial charge in [-0.25, -0.2) is 4.79 Å². The number of likely N-dealkylation sites (tertiary alicyclic amines) is 1. The van der Waals surface area contributed by atoms with Gasteiger partial charge in [-0.15, -0.1) is 0 Å². The molecule has 1 aromatic rings. The number of allylic oxidation sites excluding steroid dienone is 3. The SMILES string of the molecule is CC1C=CCOC(=O)c2c(O)cc(O)cc2/C=C(NOCC(=O)N2CCCCC2)/C=C/C1. The molecule has 172 valence electrons. The molecule has 0 aromatic heterocycles. The van der Waals surface area contributed by atoms with Gasteiger partial charge in [0.15, 0.2) is 6.61 Å². The maximum absolute atomic E-state index is 12.6. The zero-order valence-corrected chi connectivity index (χ0v) is 18.3. The van der Waals surface area contributed by atoms with Gasteiger partial charge in [0.1, 0.15) is 23.7 Å². The largest absolute Gasteiger partial charge is 0.508 e. The van der Waals surface area contributed by atoms with E-state index >= 15 is 0 Å². The third-order valence-corrected chi connectivity index (χ3v) is 5.32. The van der Waals surface area contributed by atoms with Crippen LogP contribution < -0.4 is 5.48 Å². The quantitative estimate of drug-likeness (QED) is 0.373. The van der Waals surface area contributed by atoms with E-state index in [2.05, 4.69) is 5.48 Å². The molecule has 1 fully saturated rings. The maximum Gasteiger partial charge on any atom is 0.342 e. The second-order valence-corrected chi connectivity index (χ2v) is 8.00. The van der Waals surface area contributed by atoms with Crippen molar-refractivity contribution < 1.29 is 29.4 Å². The number of nitrogens with one attached hydrogen (secondary N) is 1. The number of aromatic hydroxyl groups is 2. The van der Waals surface area contributed by atoms with E-state index in [9.17, 15) is 19.8 Å². The van der Waals surface area contributed by atoms with Gasteiger partial charge in [-0.2, -0.15) is 0 Å². The van der Waals surface area contributed by atoms with Crippen LogP contribution in [0.2, 0.25) is 0 Å². The number of benzene rings is 1. The van der Waals surface area contributed by atoms with E-state index in [1.54, 1.807) is 23.1 Å². The number of fused-ring (bicyclic) bond motifs is 1. The highest BCUT2D eigenvalue weighted by Crippen LogP contribution is 2.30. The molecule has 0 radical (unpaired) electrons. The third kappa shape index (κ3) is 6.62. The summed E-state index contributed by atoms with van der Waals surface area (Å²) in [6.45, 7) is 3.45. The van der Waals surface area contributed by atoms with Gasteiger partial charge in [-0.05, 0) is 55.4 Å². The second-order valence-electron chi connectivity index (χ2n) is 8.00. The number of cyclic esters (lactones) is 1. The van der Waals surface area contributed by atoms with Crippen LogP contribution in [0.1, 0.15) is 48.5 Å². The highest BCUT2D eigenvalue weighted by atomic mass is 16.6. The Bertz CT molecular complexity index is 915.